The van der Waals surface area contributed by atoms with Gasteiger partial charge in [-0.1, -0.05) is 0 Å². The van der Waals surface area contributed by atoms with E-state index in [-0.39, 0.29) is 23.3 Å². The number of aromatic nitrogens is 3. The van der Waals surface area contributed by atoms with Crippen LogP contribution in [-0.2, 0) is 0 Å². The van der Waals surface area contributed by atoms with Gasteiger partial charge < -0.3 is 39.6 Å². The topological polar surface area (TPSA) is 151 Å². The number of hydrogen-bond donors (Lipinski definition) is 2. The van der Waals surface area contributed by atoms with Gasteiger partial charge in [-0.25, -0.2) is 4.98 Å². The minimum absolute atomic E-state index is 0.0662. The molecule has 1 atom stereocenters. The molecule has 0 aliphatic carbocycles. The molecule has 0 saturated carbocycles. The third kappa shape index (κ3) is 5.34. The van der Waals surface area contributed by atoms with Gasteiger partial charge >= 0.3 is 0 Å². The summed E-state index contributed by atoms with van der Waals surface area (Å²) in [6.07, 6.45) is 0.683. The van der Waals surface area contributed by atoms with Crippen molar-refractivity contribution in [2.24, 2.45) is 0 Å². The predicted molar refractivity (Wildman–Crippen MR) is 143 cm³/mol. The summed E-state index contributed by atoms with van der Waals surface area (Å²) in [5.74, 6) is 0.627. The summed E-state index contributed by atoms with van der Waals surface area (Å²) in [7, 11) is 4.49. The van der Waals surface area contributed by atoms with E-state index < -0.39 is 5.97 Å². The highest BCUT2D eigenvalue weighted by molar-refractivity contribution is 7.16. The van der Waals surface area contributed by atoms with Gasteiger partial charge in [0.25, 0.3) is 5.91 Å². The highest BCUT2D eigenvalue weighted by Gasteiger charge is 2.27. The van der Waals surface area contributed by atoms with Gasteiger partial charge in [0.15, 0.2) is 22.1 Å². The second-order valence-corrected chi connectivity index (χ2v) is 9.51. The van der Waals surface area contributed by atoms with E-state index in [9.17, 15) is 14.7 Å². The maximum atomic E-state index is 12.9. The maximum absolute atomic E-state index is 12.9. The molecule has 0 bridgehead atoms. The quantitative estimate of drug-likeness (QED) is 0.316. The Morgan fingerprint density at radius 2 is 1.82 bits per heavy atom. The van der Waals surface area contributed by atoms with Crippen LogP contribution in [0.4, 0.5) is 17.5 Å². The standard InChI is InChI=1S/C26H26N6O6S/c1-36-18-7-5-15(11-20(18)38-3)28-22-21-24(39-13-27-21)31-26(30-22)32-9-8-16(12-32)29-23(33)14-4-6-17(25(34)35)19(10-14)37-2/h4-7,10-11,13,16H,8-9,12H2,1-3H3,(H,29,33)(H,34,35)(H,28,30,31)/p-1. The van der Waals surface area contributed by atoms with Gasteiger partial charge in [-0.05, 0) is 36.8 Å². The molecule has 1 saturated heterocycles. The third-order valence-corrected chi connectivity index (χ3v) is 7.04. The number of nitrogens with one attached hydrogen (secondary N) is 2. The first-order chi connectivity index (χ1) is 18.9. The Morgan fingerprint density at radius 1 is 1.03 bits per heavy atom. The van der Waals surface area contributed by atoms with Crippen molar-refractivity contribution < 1.29 is 28.9 Å². The third-order valence-electron chi connectivity index (χ3n) is 6.32. The number of benzene rings is 2. The van der Waals surface area contributed by atoms with Gasteiger partial charge in [0.2, 0.25) is 5.95 Å². The summed E-state index contributed by atoms with van der Waals surface area (Å²) in [4.78, 5) is 40.7. The summed E-state index contributed by atoms with van der Waals surface area (Å²) in [6, 6.07) is 9.44. The number of carbonyl (C=O) groups is 2. The Balaban J connectivity index is 1.32. The van der Waals surface area contributed by atoms with Crippen molar-refractivity contribution in [1.82, 2.24) is 20.3 Å². The molecule has 0 spiro atoms. The van der Waals surface area contributed by atoms with Crippen molar-refractivity contribution in [1.29, 1.82) is 0 Å². The van der Waals surface area contributed by atoms with Crippen LogP contribution in [-0.4, -0.2) is 67.3 Å². The largest absolute Gasteiger partial charge is 0.545 e. The van der Waals surface area contributed by atoms with Crippen LogP contribution < -0.4 is 34.9 Å². The number of aromatic carboxylic acids is 1. The number of fused-ring (bicyclic) bond motifs is 1. The number of anilines is 3. The average molecular weight is 550 g/mol. The molecule has 1 aliphatic rings. The van der Waals surface area contributed by atoms with Gasteiger partial charge in [-0.3, -0.25) is 4.79 Å². The highest BCUT2D eigenvalue weighted by Crippen LogP contribution is 2.33. The first kappa shape index (κ1) is 26.0. The van der Waals surface area contributed by atoms with Gasteiger partial charge in [-0.15, -0.1) is 11.3 Å². The van der Waals surface area contributed by atoms with Crippen LogP contribution in [0, 0.1) is 0 Å². The number of carboxylic acids is 1. The zero-order chi connectivity index (χ0) is 27.5. The van der Waals surface area contributed by atoms with Crippen LogP contribution in [0.2, 0.25) is 0 Å². The van der Waals surface area contributed by atoms with E-state index in [1.165, 1.54) is 36.6 Å². The predicted octanol–water partition coefficient (Wildman–Crippen LogP) is 2.23. The minimum Gasteiger partial charge on any atom is -0.545 e. The fourth-order valence-corrected chi connectivity index (χ4v) is 5.01. The maximum Gasteiger partial charge on any atom is 0.251 e. The van der Waals surface area contributed by atoms with Crippen LogP contribution in [0.3, 0.4) is 0 Å². The Labute approximate surface area is 227 Å². The summed E-state index contributed by atoms with van der Waals surface area (Å²) in [5.41, 5.74) is 3.29. The van der Waals surface area contributed by atoms with E-state index in [0.29, 0.717) is 53.9 Å². The number of methoxy groups -OCH3 is 3. The molecule has 1 amide bonds. The zero-order valence-corrected chi connectivity index (χ0v) is 22.2. The molecule has 1 aliphatic heterocycles. The molecule has 0 radical (unpaired) electrons. The highest BCUT2D eigenvalue weighted by atomic mass is 32.1. The van der Waals surface area contributed by atoms with Crippen LogP contribution in [0.15, 0.2) is 41.9 Å². The van der Waals surface area contributed by atoms with E-state index in [1.807, 2.05) is 17.0 Å². The molecule has 2 aromatic carbocycles. The summed E-state index contributed by atoms with van der Waals surface area (Å²) in [5, 5.41) is 17.5. The lowest BCUT2D eigenvalue weighted by Crippen LogP contribution is -2.37. The van der Waals surface area contributed by atoms with Crippen LogP contribution in [0.25, 0.3) is 10.3 Å². The summed E-state index contributed by atoms with van der Waals surface area (Å²) < 4.78 is 15.8. The Bertz CT molecular complexity index is 1540. The van der Waals surface area contributed by atoms with E-state index in [1.54, 1.807) is 25.8 Å². The second kappa shape index (κ2) is 11.0. The molecule has 2 aromatic heterocycles. The van der Waals surface area contributed by atoms with E-state index in [0.717, 1.165) is 10.5 Å². The van der Waals surface area contributed by atoms with Gasteiger partial charge in [0.05, 0.1) is 32.8 Å². The molecule has 202 valence electrons. The van der Waals surface area contributed by atoms with Crippen molar-refractivity contribution in [3.8, 4) is 17.2 Å². The summed E-state index contributed by atoms with van der Waals surface area (Å²) in [6.45, 7) is 1.14. The molecule has 39 heavy (non-hydrogen) atoms. The van der Waals surface area contributed by atoms with E-state index in [2.05, 4.69) is 15.6 Å². The number of thiazole rings is 1. The number of carbonyl (C=O) groups excluding carboxylic acids is 2. The lowest BCUT2D eigenvalue weighted by Gasteiger charge is -2.18. The summed E-state index contributed by atoms with van der Waals surface area (Å²) >= 11 is 1.41. The monoisotopic (exact) mass is 549 g/mol. The number of nitrogens with zero attached hydrogens (tertiary/aromatic N) is 4. The molecular weight excluding hydrogens is 524 g/mol. The molecule has 13 heteroatoms. The fraction of sp³-hybridized carbons (Fsp3) is 0.269. The SMILES string of the molecule is COc1ccc(Nc2nc(N3CCC(NC(=O)c4ccc(C(=O)[O-])c(OC)c4)C3)nc3scnc23)cc1OC. The Morgan fingerprint density at radius 3 is 2.56 bits per heavy atom. The molecule has 3 heterocycles. The number of amides is 1. The number of rotatable bonds is 9. The van der Waals surface area contributed by atoms with Crippen molar-refractivity contribution in [2.45, 2.75) is 12.5 Å². The molecule has 4 aromatic rings. The normalized spacial score (nSPS) is 14.7. The average Bonchev–Trinajstić information content (AvgIpc) is 3.62. The van der Waals surface area contributed by atoms with Crippen molar-refractivity contribution >= 4 is 51.0 Å². The van der Waals surface area contributed by atoms with Gasteiger partial charge in [0, 0.05) is 42.0 Å². The van der Waals surface area contributed by atoms with E-state index in [4.69, 9.17) is 24.2 Å². The lowest BCUT2D eigenvalue weighted by molar-refractivity contribution is -0.255. The molecule has 5 rings (SSSR count). The van der Waals surface area contributed by atoms with Crippen LogP contribution in [0.5, 0.6) is 17.2 Å². The van der Waals surface area contributed by atoms with Gasteiger partial charge in [0.1, 0.15) is 11.3 Å². The minimum atomic E-state index is -1.37. The molecular formula is C26H25N6O6S-. The fourth-order valence-electron chi connectivity index (χ4n) is 4.36. The molecule has 1 unspecified atom stereocenters. The smallest absolute Gasteiger partial charge is 0.251 e. The van der Waals surface area contributed by atoms with Crippen molar-refractivity contribution in [3.63, 3.8) is 0 Å². The first-order valence-corrected chi connectivity index (χ1v) is 12.8. The van der Waals surface area contributed by atoms with Crippen molar-refractivity contribution in [2.75, 3.05) is 44.6 Å². The van der Waals surface area contributed by atoms with Crippen molar-refractivity contribution in [3.05, 3.63) is 53.0 Å². The van der Waals surface area contributed by atoms with Crippen LogP contribution in [0.1, 0.15) is 27.1 Å². The molecule has 1 fully saturated rings. The molecule has 2 N–H and O–H groups in total. The lowest BCUT2D eigenvalue weighted by atomic mass is 10.1. The van der Waals surface area contributed by atoms with Crippen LogP contribution >= 0.6 is 11.3 Å². The first-order valence-electron chi connectivity index (χ1n) is 12.0. The Kier molecular flexibility index (Phi) is 7.32. The Hall–Kier alpha value is -4.65. The van der Waals surface area contributed by atoms with Gasteiger partial charge in [-0.2, -0.15) is 9.97 Å². The second-order valence-electron chi connectivity index (χ2n) is 8.68. The number of carboxylic acid groups (broad SMARTS) is 1. The van der Waals surface area contributed by atoms with E-state index >= 15 is 0 Å². The number of hydrogen-bond acceptors (Lipinski definition) is 12. The molecule has 12 nitrogen and oxygen atoms in total. The number of ether oxygens (including phenoxy) is 3. The zero-order valence-electron chi connectivity index (χ0n) is 21.4.